The number of ether oxygens (including phenoxy) is 5. The summed E-state index contributed by atoms with van der Waals surface area (Å²) in [5.74, 6) is -2.01. The highest BCUT2D eigenvalue weighted by atomic mass is 35.5. The van der Waals surface area contributed by atoms with Crippen molar-refractivity contribution in [1.82, 2.24) is 0 Å². The minimum absolute atomic E-state index is 0.00968. The fourth-order valence-electron chi connectivity index (χ4n) is 4.94. The van der Waals surface area contributed by atoms with E-state index in [4.69, 9.17) is 35.3 Å². The standard InChI is InChI=1S/C27H31ClO15/c1-9-19(33)21(35)23(37)26(40-9)39-8-18-20(34)22(36)25(38)27(28,43-18)42-17-7-12-14(31)5-11(29)6-16(12)41-24(17)10-2-3-13(30)15(32)4-10/h2-6,9,18-23,25-26,29-38H,7-8H2,1H3/t9-,18+,19+,20-,21-,22+,23-,25-,26-,27-/m0/s1. The van der Waals surface area contributed by atoms with Crippen LogP contribution in [-0.4, -0.2) is 118 Å². The van der Waals surface area contributed by atoms with E-state index in [1.54, 1.807) is 0 Å². The summed E-state index contributed by atoms with van der Waals surface area (Å²) in [6.07, 6.45) is -14.7. The number of rotatable bonds is 6. The van der Waals surface area contributed by atoms with Crippen LogP contribution in [0.2, 0.25) is 0 Å². The zero-order valence-corrected chi connectivity index (χ0v) is 23.1. The summed E-state index contributed by atoms with van der Waals surface area (Å²) in [7, 11) is 0. The third-order valence-electron chi connectivity index (χ3n) is 7.43. The first-order chi connectivity index (χ1) is 20.2. The number of aliphatic hydroxyl groups is 6. The number of hydrogen-bond donors (Lipinski definition) is 10. The second kappa shape index (κ2) is 11.8. The first-order valence-electron chi connectivity index (χ1n) is 13.1. The molecule has 0 spiro atoms. The Morgan fingerprint density at radius 1 is 0.860 bits per heavy atom. The summed E-state index contributed by atoms with van der Waals surface area (Å²) >= 11 is 6.57. The number of phenolic OH excluding ortho intramolecular Hbond substituents is 4. The quantitative estimate of drug-likeness (QED) is 0.136. The number of benzene rings is 2. The maximum atomic E-state index is 10.8. The number of phenols is 4. The Kier molecular flexibility index (Phi) is 8.58. The third kappa shape index (κ3) is 5.88. The molecule has 5 rings (SSSR count). The number of aliphatic hydroxyl groups excluding tert-OH is 6. The van der Waals surface area contributed by atoms with E-state index in [1.165, 1.54) is 19.1 Å². The highest BCUT2D eigenvalue weighted by Crippen LogP contribution is 2.46. The van der Waals surface area contributed by atoms with Gasteiger partial charge in [-0.1, -0.05) is 0 Å². The number of halogens is 1. The molecule has 3 aliphatic rings. The summed E-state index contributed by atoms with van der Waals surface area (Å²) in [5, 5.41) is 99.8. The summed E-state index contributed by atoms with van der Waals surface area (Å²) < 4.78 is 28.2. The first kappa shape index (κ1) is 31.3. The van der Waals surface area contributed by atoms with Crippen LogP contribution in [0.5, 0.6) is 28.7 Å². The molecule has 10 N–H and O–H groups in total. The first-order valence-corrected chi connectivity index (χ1v) is 13.5. The Morgan fingerprint density at radius 3 is 2.28 bits per heavy atom. The van der Waals surface area contributed by atoms with Crippen molar-refractivity contribution in [2.75, 3.05) is 6.61 Å². The van der Waals surface area contributed by atoms with Crippen LogP contribution >= 0.6 is 11.6 Å². The van der Waals surface area contributed by atoms with Gasteiger partial charge in [-0.3, -0.25) is 0 Å². The highest BCUT2D eigenvalue weighted by molar-refractivity contribution is 6.22. The van der Waals surface area contributed by atoms with Crippen LogP contribution in [0.1, 0.15) is 18.1 Å². The molecule has 2 aromatic carbocycles. The zero-order valence-electron chi connectivity index (χ0n) is 22.4. The van der Waals surface area contributed by atoms with Crippen molar-refractivity contribution >= 4 is 17.4 Å². The molecule has 0 aliphatic carbocycles. The lowest BCUT2D eigenvalue weighted by atomic mass is 9.98. The van der Waals surface area contributed by atoms with Crippen LogP contribution < -0.4 is 4.74 Å². The number of fused-ring (bicyclic) bond motifs is 1. The van der Waals surface area contributed by atoms with Crippen LogP contribution in [-0.2, 0) is 25.4 Å². The summed E-state index contributed by atoms with van der Waals surface area (Å²) in [5.41, 5.74) is 0.256. The Bertz CT molecular complexity index is 1390. The number of alkyl halides is 1. The van der Waals surface area contributed by atoms with Gasteiger partial charge in [0.2, 0.25) is 0 Å². The van der Waals surface area contributed by atoms with E-state index in [9.17, 15) is 51.1 Å². The van der Waals surface area contributed by atoms with E-state index in [-0.39, 0.29) is 46.3 Å². The van der Waals surface area contributed by atoms with Gasteiger partial charge in [0.15, 0.2) is 29.7 Å². The Balaban J connectivity index is 1.44. The van der Waals surface area contributed by atoms with E-state index in [2.05, 4.69) is 0 Å². The molecular weight excluding hydrogens is 600 g/mol. The third-order valence-corrected chi connectivity index (χ3v) is 7.82. The van der Waals surface area contributed by atoms with Crippen LogP contribution in [0.3, 0.4) is 0 Å². The topological polar surface area (TPSA) is 248 Å². The average molecular weight is 631 g/mol. The maximum Gasteiger partial charge on any atom is 0.320 e. The lowest BCUT2D eigenvalue weighted by molar-refractivity contribution is -0.336. The van der Waals surface area contributed by atoms with E-state index in [0.29, 0.717) is 0 Å². The van der Waals surface area contributed by atoms with Crippen LogP contribution in [0, 0.1) is 0 Å². The van der Waals surface area contributed by atoms with Gasteiger partial charge in [-0.25, -0.2) is 0 Å². The monoisotopic (exact) mass is 630 g/mol. The zero-order chi connectivity index (χ0) is 31.4. The molecule has 2 saturated heterocycles. The molecule has 43 heavy (non-hydrogen) atoms. The van der Waals surface area contributed by atoms with Crippen molar-refractivity contribution < 1.29 is 74.7 Å². The van der Waals surface area contributed by atoms with Gasteiger partial charge in [0.05, 0.1) is 12.7 Å². The van der Waals surface area contributed by atoms with E-state index >= 15 is 0 Å². The normalized spacial score (nSPS) is 36.1. The molecule has 0 saturated carbocycles. The van der Waals surface area contributed by atoms with Gasteiger partial charge in [0, 0.05) is 29.7 Å². The van der Waals surface area contributed by atoms with Crippen molar-refractivity contribution in [3.63, 3.8) is 0 Å². The molecule has 0 aromatic heterocycles. The predicted molar refractivity (Wildman–Crippen MR) is 142 cm³/mol. The molecule has 3 heterocycles. The number of allylic oxidation sites excluding steroid dienone is 1. The molecule has 236 valence electrons. The maximum absolute atomic E-state index is 10.8. The molecule has 16 heteroatoms. The van der Waals surface area contributed by atoms with Gasteiger partial charge in [-0.15, -0.1) is 0 Å². The van der Waals surface area contributed by atoms with E-state index < -0.39 is 78.5 Å². The van der Waals surface area contributed by atoms with Crippen LogP contribution in [0.25, 0.3) is 5.76 Å². The van der Waals surface area contributed by atoms with Crippen molar-refractivity contribution in [2.24, 2.45) is 0 Å². The minimum atomic E-state index is -2.63. The smallest absolute Gasteiger partial charge is 0.320 e. The minimum Gasteiger partial charge on any atom is -0.508 e. The summed E-state index contributed by atoms with van der Waals surface area (Å²) in [6.45, 7) is 0.819. The van der Waals surface area contributed by atoms with Gasteiger partial charge < -0.3 is 74.7 Å². The molecule has 0 amide bonds. The molecular formula is C27H31ClO15. The number of aromatic hydroxyl groups is 4. The predicted octanol–water partition coefficient (Wildman–Crippen LogP) is -0.953. The van der Waals surface area contributed by atoms with Crippen molar-refractivity contribution in [3.8, 4) is 28.7 Å². The van der Waals surface area contributed by atoms with Crippen molar-refractivity contribution in [1.29, 1.82) is 0 Å². The van der Waals surface area contributed by atoms with Crippen LogP contribution in [0.4, 0.5) is 0 Å². The van der Waals surface area contributed by atoms with Crippen LogP contribution in [0.15, 0.2) is 36.1 Å². The second-order valence-electron chi connectivity index (χ2n) is 10.5. The molecule has 0 radical (unpaired) electrons. The fourth-order valence-corrected chi connectivity index (χ4v) is 5.28. The Labute approximate surface area is 248 Å². The van der Waals surface area contributed by atoms with E-state index in [1.807, 2.05) is 0 Å². The SMILES string of the molecule is C[C@@H]1O[C@H](OC[C@H]2O[C@@](Cl)(OC3=C(c4ccc(O)c(O)c4)Oc4cc(O)cc(O)c4C3)[C@@H](O)[C@H](O)[C@H]2O)[C@@H](O)[C@@H](O)[C@@H]1O. The summed E-state index contributed by atoms with van der Waals surface area (Å²) in [4.78, 5) is 0. The van der Waals surface area contributed by atoms with Gasteiger partial charge in [-0.05, 0) is 36.7 Å². The molecule has 10 atom stereocenters. The largest absolute Gasteiger partial charge is 0.508 e. The van der Waals surface area contributed by atoms with Gasteiger partial charge in [0.1, 0.15) is 59.6 Å². The number of hydrogen-bond acceptors (Lipinski definition) is 15. The second-order valence-corrected chi connectivity index (χ2v) is 11.0. The van der Waals surface area contributed by atoms with Gasteiger partial charge in [0.25, 0.3) is 0 Å². The Hall–Kier alpha value is -3.09. The van der Waals surface area contributed by atoms with Gasteiger partial charge in [-0.2, -0.15) is 0 Å². The average Bonchev–Trinajstić information content (AvgIpc) is 2.96. The van der Waals surface area contributed by atoms with E-state index in [0.717, 1.165) is 18.2 Å². The lowest BCUT2D eigenvalue weighted by Gasteiger charge is -2.46. The highest BCUT2D eigenvalue weighted by Gasteiger charge is 2.56. The van der Waals surface area contributed by atoms with Crippen molar-refractivity contribution in [2.45, 2.75) is 73.7 Å². The fraction of sp³-hybridized carbons (Fsp3) is 0.481. The molecule has 2 fully saturated rings. The molecule has 0 unspecified atom stereocenters. The Morgan fingerprint density at radius 2 is 1.58 bits per heavy atom. The molecule has 15 nitrogen and oxygen atoms in total. The lowest BCUT2D eigenvalue weighted by Crippen LogP contribution is -2.64. The molecule has 3 aliphatic heterocycles. The summed E-state index contributed by atoms with van der Waals surface area (Å²) in [6, 6.07) is 5.88. The van der Waals surface area contributed by atoms with Crippen molar-refractivity contribution in [3.05, 3.63) is 47.2 Å². The van der Waals surface area contributed by atoms with Gasteiger partial charge >= 0.3 is 5.25 Å². The molecule has 0 bridgehead atoms. The molecule has 2 aromatic rings.